The number of allylic oxidation sites excluding steroid dienone is 1. The Kier molecular flexibility index (Phi) is 8.46. The highest BCUT2D eigenvalue weighted by Crippen LogP contribution is 2.29. The molecule has 0 spiro atoms. The predicted molar refractivity (Wildman–Crippen MR) is 139 cm³/mol. The summed E-state index contributed by atoms with van der Waals surface area (Å²) in [6.07, 6.45) is 1.09. The van der Waals surface area contributed by atoms with Crippen molar-refractivity contribution < 1.29 is 14.4 Å². The molecule has 0 bridgehead atoms. The van der Waals surface area contributed by atoms with Crippen LogP contribution in [0.4, 0.5) is 5.69 Å². The van der Waals surface area contributed by atoms with E-state index >= 15 is 0 Å². The molecule has 0 saturated heterocycles. The maximum absolute atomic E-state index is 13.5. The summed E-state index contributed by atoms with van der Waals surface area (Å²) >= 11 is 6.08. The summed E-state index contributed by atoms with van der Waals surface area (Å²) in [6, 6.07) is 14.6. The first-order valence-corrected chi connectivity index (χ1v) is 11.9. The Bertz CT molecular complexity index is 1140. The standard InChI is InChI=1S/C27H31ClN4O3/c1-5-8-19(24(29)33)21(15-16(2)3)26(34)31-25-27(35)32(4)22-10-7-6-9-20(22)23(30-25)17-11-13-18(28)14-12-17/h5-7,9-14,16,19,21,25H,1,8,15H2,2-4H3,(H2,29,33)(H,31,34)/t19?,21?,25-/m1/s1. The number of halogens is 1. The summed E-state index contributed by atoms with van der Waals surface area (Å²) < 4.78 is 0. The monoisotopic (exact) mass is 494 g/mol. The van der Waals surface area contributed by atoms with Crippen molar-refractivity contribution >= 4 is 40.7 Å². The SMILES string of the molecule is C=CCC(C(N)=O)C(CC(C)C)C(=O)N[C@H]1N=C(c2ccc(Cl)cc2)c2ccccc2N(C)C1=O. The van der Waals surface area contributed by atoms with Gasteiger partial charge < -0.3 is 16.0 Å². The van der Waals surface area contributed by atoms with E-state index in [1.54, 1.807) is 25.3 Å². The number of nitrogens with two attached hydrogens (primary N) is 1. The quantitative estimate of drug-likeness (QED) is 0.516. The third-order valence-electron chi connectivity index (χ3n) is 6.07. The first kappa shape index (κ1) is 26.2. The second-order valence-electron chi connectivity index (χ2n) is 9.08. The van der Waals surface area contributed by atoms with Gasteiger partial charge in [-0.3, -0.25) is 14.4 Å². The van der Waals surface area contributed by atoms with Crippen LogP contribution in [0.3, 0.4) is 0 Å². The largest absolute Gasteiger partial charge is 0.369 e. The van der Waals surface area contributed by atoms with Gasteiger partial charge in [-0.25, -0.2) is 4.99 Å². The Morgan fingerprint density at radius 1 is 1.17 bits per heavy atom. The number of nitrogens with zero attached hydrogens (tertiary/aromatic N) is 2. The van der Waals surface area contributed by atoms with Crippen molar-refractivity contribution in [3.8, 4) is 0 Å². The number of primary amides is 1. The van der Waals surface area contributed by atoms with Crippen LogP contribution in [-0.2, 0) is 14.4 Å². The van der Waals surface area contributed by atoms with E-state index in [1.165, 1.54) is 4.90 Å². The van der Waals surface area contributed by atoms with Gasteiger partial charge in [-0.15, -0.1) is 6.58 Å². The van der Waals surface area contributed by atoms with Gasteiger partial charge in [0.2, 0.25) is 18.0 Å². The van der Waals surface area contributed by atoms with Crippen LogP contribution < -0.4 is 16.0 Å². The number of rotatable bonds is 9. The highest BCUT2D eigenvalue weighted by molar-refractivity contribution is 6.30. The minimum absolute atomic E-state index is 0.127. The number of amides is 3. The number of hydrogen-bond donors (Lipinski definition) is 2. The zero-order chi connectivity index (χ0) is 25.7. The number of nitrogens with one attached hydrogen (secondary N) is 1. The van der Waals surface area contributed by atoms with Gasteiger partial charge in [-0.1, -0.05) is 61.9 Å². The Hall–Kier alpha value is -3.45. The molecule has 0 aromatic heterocycles. The third kappa shape index (κ3) is 5.98. The van der Waals surface area contributed by atoms with Gasteiger partial charge >= 0.3 is 0 Å². The molecular weight excluding hydrogens is 464 g/mol. The normalized spacial score (nSPS) is 17.2. The summed E-state index contributed by atoms with van der Waals surface area (Å²) in [6.45, 7) is 7.62. The lowest BCUT2D eigenvalue weighted by molar-refractivity contribution is -0.135. The topological polar surface area (TPSA) is 105 Å². The van der Waals surface area contributed by atoms with E-state index in [2.05, 4.69) is 11.9 Å². The van der Waals surface area contributed by atoms with Crippen LogP contribution in [0.1, 0.15) is 37.8 Å². The smallest absolute Gasteiger partial charge is 0.272 e. The predicted octanol–water partition coefficient (Wildman–Crippen LogP) is 3.94. The number of carbonyl (C=O) groups is 3. The van der Waals surface area contributed by atoms with Crippen LogP contribution >= 0.6 is 11.6 Å². The second-order valence-corrected chi connectivity index (χ2v) is 9.52. The van der Waals surface area contributed by atoms with Crippen molar-refractivity contribution in [1.29, 1.82) is 0 Å². The highest BCUT2D eigenvalue weighted by Gasteiger charge is 2.36. The molecule has 1 aliphatic rings. The lowest BCUT2D eigenvalue weighted by Gasteiger charge is -2.27. The number of para-hydroxylation sites is 1. The van der Waals surface area contributed by atoms with Crippen LogP contribution in [0, 0.1) is 17.8 Å². The third-order valence-corrected chi connectivity index (χ3v) is 6.33. The number of benzodiazepines with no additional fused rings is 1. The van der Waals surface area contributed by atoms with E-state index in [9.17, 15) is 14.4 Å². The van der Waals surface area contributed by atoms with E-state index in [1.807, 2.05) is 50.2 Å². The number of fused-ring (bicyclic) bond motifs is 1. The Morgan fingerprint density at radius 3 is 2.43 bits per heavy atom. The van der Waals surface area contributed by atoms with Gasteiger partial charge in [0.1, 0.15) is 0 Å². The molecule has 2 aromatic carbocycles. The maximum Gasteiger partial charge on any atom is 0.272 e. The van der Waals surface area contributed by atoms with Gasteiger partial charge in [-0.2, -0.15) is 0 Å². The number of aliphatic imine (C=N–C) groups is 1. The average molecular weight is 495 g/mol. The molecule has 8 heteroatoms. The highest BCUT2D eigenvalue weighted by atomic mass is 35.5. The molecule has 1 heterocycles. The Morgan fingerprint density at radius 2 is 1.83 bits per heavy atom. The molecule has 3 N–H and O–H groups in total. The van der Waals surface area contributed by atoms with E-state index in [-0.39, 0.29) is 12.3 Å². The summed E-state index contributed by atoms with van der Waals surface area (Å²) in [5.74, 6) is -2.73. The molecule has 3 atom stereocenters. The molecule has 2 unspecified atom stereocenters. The molecule has 1 aliphatic heterocycles. The number of benzene rings is 2. The minimum Gasteiger partial charge on any atom is -0.369 e. The first-order chi connectivity index (χ1) is 16.6. The first-order valence-electron chi connectivity index (χ1n) is 11.5. The molecule has 3 amide bonds. The summed E-state index contributed by atoms with van der Waals surface area (Å²) in [7, 11) is 1.65. The molecule has 3 rings (SSSR count). The fourth-order valence-electron chi connectivity index (χ4n) is 4.32. The average Bonchev–Trinajstić information content (AvgIpc) is 2.92. The van der Waals surface area contributed by atoms with Crippen LogP contribution in [-0.4, -0.2) is 36.6 Å². The number of hydrogen-bond acceptors (Lipinski definition) is 4. The van der Waals surface area contributed by atoms with Gasteiger partial charge in [0.25, 0.3) is 5.91 Å². The van der Waals surface area contributed by atoms with Crippen molar-refractivity contribution in [2.24, 2.45) is 28.5 Å². The number of carbonyl (C=O) groups excluding carboxylic acids is 3. The van der Waals surface area contributed by atoms with Crippen LogP contribution in [0.5, 0.6) is 0 Å². The molecule has 2 aromatic rings. The lowest BCUT2D eigenvalue weighted by atomic mass is 9.82. The Labute approximate surface area is 211 Å². The molecule has 7 nitrogen and oxygen atoms in total. The van der Waals surface area contributed by atoms with Gasteiger partial charge in [0.15, 0.2) is 0 Å². The van der Waals surface area contributed by atoms with Crippen molar-refractivity contribution in [1.82, 2.24) is 5.32 Å². The van der Waals surface area contributed by atoms with Crippen molar-refractivity contribution in [2.45, 2.75) is 32.9 Å². The van der Waals surface area contributed by atoms with Crippen molar-refractivity contribution in [3.63, 3.8) is 0 Å². The van der Waals surface area contributed by atoms with Crippen LogP contribution in [0.2, 0.25) is 5.02 Å². The Balaban J connectivity index is 2.05. The molecule has 0 fully saturated rings. The van der Waals surface area contributed by atoms with E-state index < -0.39 is 35.7 Å². The van der Waals surface area contributed by atoms with Crippen molar-refractivity contribution in [2.75, 3.05) is 11.9 Å². The van der Waals surface area contributed by atoms with E-state index in [0.29, 0.717) is 22.8 Å². The number of likely N-dealkylation sites (N-methyl/N-ethyl adjacent to an activating group) is 1. The van der Waals surface area contributed by atoms with Crippen molar-refractivity contribution in [3.05, 3.63) is 77.3 Å². The molecule has 184 valence electrons. The molecule has 0 saturated carbocycles. The fourth-order valence-corrected chi connectivity index (χ4v) is 4.44. The molecular formula is C27H31ClN4O3. The fraction of sp³-hybridized carbons (Fsp3) is 0.333. The molecule has 35 heavy (non-hydrogen) atoms. The zero-order valence-electron chi connectivity index (χ0n) is 20.2. The minimum atomic E-state index is -1.18. The van der Waals surface area contributed by atoms with Crippen LogP contribution in [0.15, 0.2) is 66.2 Å². The summed E-state index contributed by atoms with van der Waals surface area (Å²) in [5.41, 5.74) is 8.36. The zero-order valence-corrected chi connectivity index (χ0v) is 21.0. The van der Waals surface area contributed by atoms with Gasteiger partial charge in [0, 0.05) is 23.2 Å². The van der Waals surface area contributed by atoms with Crippen LogP contribution in [0.25, 0.3) is 0 Å². The number of anilines is 1. The van der Waals surface area contributed by atoms with Gasteiger partial charge in [-0.05, 0) is 37.0 Å². The van der Waals surface area contributed by atoms with E-state index in [0.717, 1.165) is 11.1 Å². The maximum atomic E-state index is 13.5. The molecule has 0 radical (unpaired) electrons. The lowest BCUT2D eigenvalue weighted by Crippen LogP contribution is -2.50. The summed E-state index contributed by atoms with van der Waals surface area (Å²) in [5, 5.41) is 3.37. The summed E-state index contributed by atoms with van der Waals surface area (Å²) in [4.78, 5) is 45.3. The molecule has 0 aliphatic carbocycles. The van der Waals surface area contributed by atoms with Gasteiger partial charge in [0.05, 0.1) is 23.2 Å². The second kappa shape index (κ2) is 11.3. The van der Waals surface area contributed by atoms with E-state index in [4.69, 9.17) is 22.3 Å².